The van der Waals surface area contributed by atoms with Crippen molar-refractivity contribution in [3.63, 3.8) is 0 Å². The number of methoxy groups -OCH3 is 1. The first kappa shape index (κ1) is 13.8. The Labute approximate surface area is 124 Å². The maximum absolute atomic E-state index is 9.87. The molecular weight excluding hydrogens is 266 g/mol. The summed E-state index contributed by atoms with van der Waals surface area (Å²) in [4.78, 5) is 0. The molecule has 0 spiro atoms. The fourth-order valence-corrected chi connectivity index (χ4v) is 2.92. The minimum Gasteiger partial charge on any atom is -0.508 e. The van der Waals surface area contributed by atoms with Crippen LogP contribution in [0.25, 0.3) is 0 Å². The monoisotopic (exact) mass is 285 g/mol. The Morgan fingerprint density at radius 3 is 2.81 bits per heavy atom. The van der Waals surface area contributed by atoms with Gasteiger partial charge in [-0.3, -0.25) is 0 Å². The Bertz CT molecular complexity index is 654. The van der Waals surface area contributed by atoms with Crippen LogP contribution in [0.5, 0.6) is 17.2 Å². The van der Waals surface area contributed by atoms with E-state index in [4.69, 9.17) is 4.74 Å². The number of rotatable bonds is 3. The van der Waals surface area contributed by atoms with E-state index < -0.39 is 0 Å². The van der Waals surface area contributed by atoms with Gasteiger partial charge in [-0.05, 0) is 60.3 Å². The van der Waals surface area contributed by atoms with E-state index in [0.717, 1.165) is 24.9 Å². The van der Waals surface area contributed by atoms with Gasteiger partial charge < -0.3 is 20.3 Å². The van der Waals surface area contributed by atoms with E-state index in [2.05, 4.69) is 5.32 Å². The van der Waals surface area contributed by atoms with Crippen LogP contribution in [-0.4, -0.2) is 23.9 Å². The molecule has 1 aliphatic rings. The maximum Gasteiger partial charge on any atom is 0.160 e. The molecule has 3 N–H and O–H groups in total. The normalized spacial score (nSPS) is 17.3. The summed E-state index contributed by atoms with van der Waals surface area (Å²) in [6.07, 6.45) is 1.71. The molecule has 21 heavy (non-hydrogen) atoms. The van der Waals surface area contributed by atoms with Crippen molar-refractivity contribution in [1.29, 1.82) is 0 Å². The van der Waals surface area contributed by atoms with Crippen LogP contribution < -0.4 is 10.1 Å². The van der Waals surface area contributed by atoms with Crippen LogP contribution in [0, 0.1) is 0 Å². The van der Waals surface area contributed by atoms with Crippen molar-refractivity contribution in [2.24, 2.45) is 0 Å². The molecule has 0 saturated heterocycles. The Morgan fingerprint density at radius 2 is 2.05 bits per heavy atom. The van der Waals surface area contributed by atoms with Crippen LogP contribution in [0.1, 0.15) is 22.7 Å². The molecule has 0 amide bonds. The van der Waals surface area contributed by atoms with Crippen LogP contribution in [-0.2, 0) is 12.8 Å². The van der Waals surface area contributed by atoms with E-state index in [0.29, 0.717) is 11.5 Å². The van der Waals surface area contributed by atoms with Crippen molar-refractivity contribution in [1.82, 2.24) is 5.32 Å². The molecule has 1 unspecified atom stereocenters. The highest BCUT2D eigenvalue weighted by Gasteiger charge is 2.20. The van der Waals surface area contributed by atoms with Gasteiger partial charge in [-0.15, -0.1) is 0 Å². The van der Waals surface area contributed by atoms with Gasteiger partial charge in [-0.25, -0.2) is 0 Å². The van der Waals surface area contributed by atoms with E-state index in [1.165, 1.54) is 11.1 Å². The standard InChI is InChI=1S/C17H19NO3/c1-21-17-5-2-11(9-16(17)20)8-15-14-4-3-13(19)10-12(14)6-7-18-15/h2-5,9-10,15,18-20H,6-8H2,1H3. The van der Waals surface area contributed by atoms with Crippen LogP contribution in [0.15, 0.2) is 36.4 Å². The summed E-state index contributed by atoms with van der Waals surface area (Å²) in [5.41, 5.74) is 3.46. The van der Waals surface area contributed by atoms with Crippen molar-refractivity contribution < 1.29 is 14.9 Å². The number of phenolic OH excluding ortho intramolecular Hbond substituents is 2. The molecule has 2 aromatic carbocycles. The Balaban J connectivity index is 1.85. The fraction of sp³-hybridized carbons (Fsp3) is 0.294. The maximum atomic E-state index is 9.87. The molecule has 1 heterocycles. The summed E-state index contributed by atoms with van der Waals surface area (Å²) in [6, 6.07) is 11.2. The molecule has 0 saturated carbocycles. The molecular formula is C17H19NO3. The predicted molar refractivity (Wildman–Crippen MR) is 80.9 cm³/mol. The van der Waals surface area contributed by atoms with Crippen LogP contribution >= 0.6 is 0 Å². The number of fused-ring (bicyclic) bond motifs is 1. The number of benzene rings is 2. The van der Waals surface area contributed by atoms with Gasteiger partial charge in [0.2, 0.25) is 0 Å². The average molecular weight is 285 g/mol. The Morgan fingerprint density at radius 1 is 1.19 bits per heavy atom. The SMILES string of the molecule is COc1ccc(CC2NCCc3cc(O)ccc32)cc1O. The van der Waals surface area contributed by atoms with Gasteiger partial charge in [-0.1, -0.05) is 12.1 Å². The molecule has 4 nitrogen and oxygen atoms in total. The first-order valence-corrected chi connectivity index (χ1v) is 7.08. The van der Waals surface area contributed by atoms with Gasteiger partial charge >= 0.3 is 0 Å². The van der Waals surface area contributed by atoms with Crippen LogP contribution in [0.3, 0.4) is 0 Å². The summed E-state index contributed by atoms with van der Waals surface area (Å²) in [6.45, 7) is 0.892. The quantitative estimate of drug-likeness (QED) is 0.811. The molecule has 0 aromatic heterocycles. The van der Waals surface area contributed by atoms with Crippen LogP contribution in [0.4, 0.5) is 0 Å². The van der Waals surface area contributed by atoms with Gasteiger partial charge in [0.05, 0.1) is 7.11 Å². The van der Waals surface area contributed by atoms with E-state index in [1.807, 2.05) is 18.2 Å². The number of phenols is 2. The smallest absolute Gasteiger partial charge is 0.160 e. The van der Waals surface area contributed by atoms with E-state index >= 15 is 0 Å². The largest absolute Gasteiger partial charge is 0.508 e. The van der Waals surface area contributed by atoms with E-state index in [-0.39, 0.29) is 11.8 Å². The van der Waals surface area contributed by atoms with Gasteiger partial charge in [0.25, 0.3) is 0 Å². The zero-order valence-electron chi connectivity index (χ0n) is 12.0. The number of nitrogens with one attached hydrogen (secondary N) is 1. The topological polar surface area (TPSA) is 61.7 Å². The number of aromatic hydroxyl groups is 2. The number of hydrogen-bond donors (Lipinski definition) is 3. The van der Waals surface area contributed by atoms with Crippen molar-refractivity contribution in [3.8, 4) is 17.2 Å². The Kier molecular flexibility index (Phi) is 3.71. The first-order chi connectivity index (χ1) is 10.2. The lowest BCUT2D eigenvalue weighted by molar-refractivity contribution is 0.372. The predicted octanol–water partition coefficient (Wildman–Crippen LogP) is 2.54. The van der Waals surface area contributed by atoms with E-state index in [1.54, 1.807) is 25.3 Å². The molecule has 0 bridgehead atoms. The summed E-state index contributed by atoms with van der Waals surface area (Å²) >= 11 is 0. The van der Waals surface area contributed by atoms with E-state index in [9.17, 15) is 10.2 Å². The van der Waals surface area contributed by atoms with Gasteiger partial charge in [0, 0.05) is 6.04 Å². The van der Waals surface area contributed by atoms with Gasteiger partial charge in [0.1, 0.15) is 5.75 Å². The summed E-state index contributed by atoms with van der Waals surface area (Å²) in [7, 11) is 1.54. The lowest BCUT2D eigenvalue weighted by atomic mass is 9.90. The molecule has 110 valence electrons. The molecule has 0 radical (unpaired) electrons. The molecule has 3 rings (SSSR count). The minimum absolute atomic E-state index is 0.164. The summed E-state index contributed by atoms with van der Waals surface area (Å²) in [5.74, 6) is 0.967. The number of hydrogen-bond acceptors (Lipinski definition) is 4. The van der Waals surface area contributed by atoms with Crippen molar-refractivity contribution in [2.45, 2.75) is 18.9 Å². The highest BCUT2D eigenvalue weighted by Crippen LogP contribution is 2.31. The highest BCUT2D eigenvalue weighted by atomic mass is 16.5. The van der Waals surface area contributed by atoms with Gasteiger partial charge in [0.15, 0.2) is 11.5 Å². The third kappa shape index (κ3) is 2.81. The molecule has 1 atom stereocenters. The lowest BCUT2D eigenvalue weighted by Gasteiger charge is -2.27. The second-order valence-electron chi connectivity index (χ2n) is 5.35. The molecule has 4 heteroatoms. The molecule has 2 aromatic rings. The second kappa shape index (κ2) is 5.66. The molecule has 0 aliphatic carbocycles. The first-order valence-electron chi connectivity index (χ1n) is 7.08. The Hall–Kier alpha value is -2.20. The van der Waals surface area contributed by atoms with Crippen molar-refractivity contribution >= 4 is 0 Å². The van der Waals surface area contributed by atoms with Crippen molar-refractivity contribution in [3.05, 3.63) is 53.1 Å². The third-order valence-electron chi connectivity index (χ3n) is 3.97. The highest BCUT2D eigenvalue weighted by molar-refractivity contribution is 5.43. The zero-order valence-corrected chi connectivity index (χ0v) is 12.0. The third-order valence-corrected chi connectivity index (χ3v) is 3.97. The zero-order chi connectivity index (χ0) is 14.8. The fourth-order valence-electron chi connectivity index (χ4n) is 2.92. The van der Waals surface area contributed by atoms with Gasteiger partial charge in [-0.2, -0.15) is 0 Å². The summed E-state index contributed by atoms with van der Waals surface area (Å²) in [5, 5.41) is 23.0. The molecule has 1 aliphatic heterocycles. The van der Waals surface area contributed by atoms with Crippen LogP contribution in [0.2, 0.25) is 0 Å². The minimum atomic E-state index is 0.164. The average Bonchev–Trinajstić information content (AvgIpc) is 2.47. The summed E-state index contributed by atoms with van der Waals surface area (Å²) < 4.78 is 5.07. The second-order valence-corrected chi connectivity index (χ2v) is 5.35. The number of ether oxygens (including phenoxy) is 1. The molecule has 0 fully saturated rings. The van der Waals surface area contributed by atoms with Crippen molar-refractivity contribution in [2.75, 3.05) is 13.7 Å². The lowest BCUT2D eigenvalue weighted by Crippen LogP contribution is -2.31.